The second-order valence-corrected chi connectivity index (χ2v) is 3.26. The van der Waals surface area contributed by atoms with Crippen molar-refractivity contribution in [3.63, 3.8) is 0 Å². The van der Waals surface area contributed by atoms with E-state index in [9.17, 15) is 4.79 Å². The van der Waals surface area contributed by atoms with Gasteiger partial charge in [0.1, 0.15) is 6.61 Å². The molecule has 3 nitrogen and oxygen atoms in total. The first kappa shape index (κ1) is 10.4. The maximum Gasteiger partial charge on any atom is 0.235 e. The van der Waals surface area contributed by atoms with Crippen LogP contribution in [-0.4, -0.2) is 11.3 Å². The van der Waals surface area contributed by atoms with Crippen LogP contribution in [0.2, 0.25) is 0 Å². The molecule has 1 aromatic heterocycles. The molecule has 0 aliphatic carbocycles. The number of hydrogen-bond acceptors (Lipinski definition) is 3. The molecule has 1 heterocycles. The van der Waals surface area contributed by atoms with Crippen molar-refractivity contribution in [2.24, 2.45) is 0 Å². The summed E-state index contributed by atoms with van der Waals surface area (Å²) in [6, 6.07) is 13.1. The van der Waals surface area contributed by atoms with Gasteiger partial charge in [0.2, 0.25) is 12.2 Å². The molecule has 0 spiro atoms. The third-order valence-corrected chi connectivity index (χ3v) is 2.08. The van der Waals surface area contributed by atoms with Gasteiger partial charge in [-0.3, -0.25) is 4.79 Å². The number of carbonyl (C=O) groups excluding carboxylic acids is 1. The Morgan fingerprint density at radius 1 is 1.12 bits per heavy atom. The lowest BCUT2D eigenvalue weighted by Crippen LogP contribution is -1.97. The number of benzene rings is 1. The number of ether oxygens (including phenoxy) is 1. The van der Waals surface area contributed by atoms with Crippen LogP contribution >= 0.6 is 0 Å². The van der Waals surface area contributed by atoms with Crippen LogP contribution in [0.3, 0.4) is 0 Å². The van der Waals surface area contributed by atoms with E-state index in [2.05, 4.69) is 4.98 Å². The molecule has 2 rings (SSSR count). The molecule has 0 unspecified atom stereocenters. The number of rotatable bonds is 4. The molecule has 16 heavy (non-hydrogen) atoms. The van der Waals surface area contributed by atoms with Crippen LogP contribution in [0, 0.1) is 0 Å². The SMILES string of the molecule is O=[C]c1ccc(OCc2ccccc2)nc1. The number of nitrogens with zero attached hydrogens (tertiary/aromatic N) is 1. The molecule has 2 aromatic rings. The highest BCUT2D eigenvalue weighted by Crippen LogP contribution is 2.09. The van der Waals surface area contributed by atoms with E-state index in [0.717, 1.165) is 5.56 Å². The average molecular weight is 212 g/mol. The van der Waals surface area contributed by atoms with Gasteiger partial charge in [-0.05, 0) is 11.6 Å². The molecule has 0 saturated carbocycles. The van der Waals surface area contributed by atoms with Crippen molar-refractivity contribution in [1.82, 2.24) is 4.98 Å². The summed E-state index contributed by atoms with van der Waals surface area (Å²) in [5, 5.41) is 0. The first-order valence-electron chi connectivity index (χ1n) is 4.89. The zero-order valence-electron chi connectivity index (χ0n) is 8.59. The lowest BCUT2D eigenvalue weighted by Gasteiger charge is -2.04. The fourth-order valence-corrected chi connectivity index (χ4v) is 1.26. The Hall–Kier alpha value is -2.16. The summed E-state index contributed by atoms with van der Waals surface area (Å²) in [5.74, 6) is 0.503. The highest BCUT2D eigenvalue weighted by atomic mass is 16.5. The van der Waals surface area contributed by atoms with Crippen molar-refractivity contribution in [2.75, 3.05) is 0 Å². The van der Waals surface area contributed by atoms with Crippen molar-refractivity contribution in [3.05, 3.63) is 59.8 Å². The molecular weight excluding hydrogens is 202 g/mol. The highest BCUT2D eigenvalue weighted by molar-refractivity contribution is 5.74. The van der Waals surface area contributed by atoms with Crippen molar-refractivity contribution < 1.29 is 9.53 Å². The van der Waals surface area contributed by atoms with Gasteiger partial charge >= 0.3 is 0 Å². The van der Waals surface area contributed by atoms with Gasteiger partial charge in [0.05, 0.1) is 0 Å². The molecule has 3 heteroatoms. The molecule has 1 aromatic carbocycles. The van der Waals surface area contributed by atoms with E-state index < -0.39 is 0 Å². The highest BCUT2D eigenvalue weighted by Gasteiger charge is 1.97. The summed E-state index contributed by atoms with van der Waals surface area (Å²) in [7, 11) is 0. The Kier molecular flexibility index (Phi) is 3.28. The lowest BCUT2D eigenvalue weighted by molar-refractivity contribution is 0.294. The standard InChI is InChI=1S/C13H10NO2/c15-9-12-6-7-13(14-8-12)16-10-11-4-2-1-3-5-11/h1-8H,10H2. The van der Waals surface area contributed by atoms with Crippen LogP contribution in [-0.2, 0) is 11.4 Å². The van der Waals surface area contributed by atoms with Crippen molar-refractivity contribution in [3.8, 4) is 5.88 Å². The Labute approximate surface area is 93.7 Å². The molecule has 0 aliphatic heterocycles. The van der Waals surface area contributed by atoms with E-state index in [1.165, 1.54) is 6.20 Å². The summed E-state index contributed by atoms with van der Waals surface area (Å²) >= 11 is 0. The maximum atomic E-state index is 10.3. The summed E-state index contributed by atoms with van der Waals surface area (Å²) in [6.45, 7) is 0.470. The zero-order valence-corrected chi connectivity index (χ0v) is 8.59. The molecule has 79 valence electrons. The predicted molar refractivity (Wildman–Crippen MR) is 59.8 cm³/mol. The second-order valence-electron chi connectivity index (χ2n) is 3.26. The third-order valence-electron chi connectivity index (χ3n) is 2.08. The van der Waals surface area contributed by atoms with Crippen LogP contribution < -0.4 is 4.74 Å². The molecule has 0 fully saturated rings. The van der Waals surface area contributed by atoms with Gasteiger partial charge < -0.3 is 4.74 Å². The Morgan fingerprint density at radius 2 is 1.94 bits per heavy atom. The fourth-order valence-electron chi connectivity index (χ4n) is 1.26. The molecule has 0 N–H and O–H groups in total. The summed E-state index contributed by atoms with van der Waals surface area (Å²) in [6.07, 6.45) is 3.20. The van der Waals surface area contributed by atoms with Crippen LogP contribution in [0.5, 0.6) is 5.88 Å². The van der Waals surface area contributed by atoms with E-state index >= 15 is 0 Å². The number of hydrogen-bond donors (Lipinski definition) is 0. The molecule has 0 amide bonds. The Morgan fingerprint density at radius 3 is 2.56 bits per heavy atom. The van der Waals surface area contributed by atoms with Gasteiger partial charge in [0, 0.05) is 17.8 Å². The minimum Gasteiger partial charge on any atom is -0.473 e. The van der Waals surface area contributed by atoms with Crippen LogP contribution in [0.25, 0.3) is 0 Å². The smallest absolute Gasteiger partial charge is 0.235 e. The van der Waals surface area contributed by atoms with Crippen LogP contribution in [0.4, 0.5) is 0 Å². The van der Waals surface area contributed by atoms with Gasteiger partial charge in [-0.1, -0.05) is 30.3 Å². The number of pyridine rings is 1. The number of aromatic nitrogens is 1. The summed E-state index contributed by atoms with van der Waals surface area (Å²) in [4.78, 5) is 14.3. The van der Waals surface area contributed by atoms with Crippen molar-refractivity contribution in [1.29, 1.82) is 0 Å². The van der Waals surface area contributed by atoms with Crippen molar-refractivity contribution >= 4 is 6.29 Å². The van der Waals surface area contributed by atoms with Gasteiger partial charge in [0.25, 0.3) is 0 Å². The second kappa shape index (κ2) is 5.07. The molecule has 0 atom stereocenters. The van der Waals surface area contributed by atoms with Crippen LogP contribution in [0.15, 0.2) is 48.7 Å². The fraction of sp³-hybridized carbons (Fsp3) is 0.0769. The first-order chi connectivity index (χ1) is 7.88. The van der Waals surface area contributed by atoms with Gasteiger partial charge in [-0.15, -0.1) is 0 Å². The zero-order chi connectivity index (χ0) is 11.2. The van der Waals surface area contributed by atoms with Gasteiger partial charge in [-0.2, -0.15) is 0 Å². The first-order valence-corrected chi connectivity index (χ1v) is 4.89. The van der Waals surface area contributed by atoms with Crippen LogP contribution in [0.1, 0.15) is 11.1 Å². The largest absolute Gasteiger partial charge is 0.473 e. The molecule has 1 radical (unpaired) electrons. The third kappa shape index (κ3) is 2.67. The van der Waals surface area contributed by atoms with E-state index in [4.69, 9.17) is 4.74 Å². The van der Waals surface area contributed by atoms with Crippen molar-refractivity contribution in [2.45, 2.75) is 6.61 Å². The molecule has 0 bridgehead atoms. The molecule has 0 saturated heterocycles. The average Bonchev–Trinajstić information content (AvgIpc) is 2.38. The normalized spacial score (nSPS) is 9.75. The van der Waals surface area contributed by atoms with Gasteiger partial charge in [-0.25, -0.2) is 4.98 Å². The lowest BCUT2D eigenvalue weighted by atomic mass is 10.2. The van der Waals surface area contributed by atoms with Gasteiger partial charge in [0.15, 0.2) is 0 Å². The molecular formula is C13H10NO2. The van der Waals surface area contributed by atoms with E-state index in [1.807, 2.05) is 30.3 Å². The summed E-state index contributed by atoms with van der Waals surface area (Å²) < 4.78 is 5.45. The topological polar surface area (TPSA) is 39.2 Å². The minimum atomic E-state index is 0.423. The Bertz CT molecular complexity index is 451. The predicted octanol–water partition coefficient (Wildman–Crippen LogP) is 2.12. The maximum absolute atomic E-state index is 10.3. The van der Waals surface area contributed by atoms with E-state index in [1.54, 1.807) is 18.4 Å². The minimum absolute atomic E-state index is 0.423. The quantitative estimate of drug-likeness (QED) is 0.779. The Balaban J connectivity index is 1.97. The van der Waals surface area contributed by atoms with E-state index in [0.29, 0.717) is 18.1 Å². The summed E-state index contributed by atoms with van der Waals surface area (Å²) in [5.41, 5.74) is 1.50. The molecule has 0 aliphatic rings. The van der Waals surface area contributed by atoms with E-state index in [-0.39, 0.29) is 0 Å². The monoisotopic (exact) mass is 212 g/mol.